The summed E-state index contributed by atoms with van der Waals surface area (Å²) in [6.45, 7) is 1.40. The van der Waals surface area contributed by atoms with Gasteiger partial charge in [0.15, 0.2) is 0 Å². The summed E-state index contributed by atoms with van der Waals surface area (Å²) in [5, 5.41) is 5.56. The van der Waals surface area contributed by atoms with E-state index < -0.39 is 23.2 Å². The number of aromatic nitrogens is 3. The van der Waals surface area contributed by atoms with E-state index in [2.05, 4.69) is 25.6 Å². The molecule has 2 aromatic heterocycles. The Labute approximate surface area is 177 Å². The highest BCUT2D eigenvalue weighted by molar-refractivity contribution is 5.68. The first-order valence-corrected chi connectivity index (χ1v) is 9.55. The van der Waals surface area contributed by atoms with Crippen molar-refractivity contribution in [2.45, 2.75) is 12.6 Å². The summed E-state index contributed by atoms with van der Waals surface area (Å²) in [5.41, 5.74) is -0.724. The first kappa shape index (κ1) is 22.4. The summed E-state index contributed by atoms with van der Waals surface area (Å²) in [4.78, 5) is 14.7. The number of alkyl halides is 3. The lowest BCUT2D eigenvalue weighted by Gasteiger charge is -2.16. The van der Waals surface area contributed by atoms with Crippen LogP contribution in [-0.4, -0.2) is 47.0 Å². The molecule has 0 aliphatic rings. The number of halogens is 4. The maximum absolute atomic E-state index is 14.3. The molecule has 0 amide bonds. The first-order chi connectivity index (χ1) is 14.7. The Bertz CT molecular complexity index is 1010. The predicted octanol–water partition coefficient (Wildman–Crippen LogP) is 4.80. The van der Waals surface area contributed by atoms with Crippen molar-refractivity contribution in [3.8, 4) is 11.3 Å². The Kier molecular flexibility index (Phi) is 7.01. The van der Waals surface area contributed by atoms with Crippen molar-refractivity contribution in [1.29, 1.82) is 0 Å². The average Bonchev–Trinajstić information content (AvgIpc) is 2.72. The molecule has 0 bridgehead atoms. The van der Waals surface area contributed by atoms with E-state index in [0.29, 0.717) is 17.8 Å². The van der Waals surface area contributed by atoms with Gasteiger partial charge < -0.3 is 15.5 Å². The van der Waals surface area contributed by atoms with E-state index in [-0.39, 0.29) is 11.8 Å². The third-order valence-corrected chi connectivity index (χ3v) is 4.32. The van der Waals surface area contributed by atoms with Gasteiger partial charge in [0.2, 0.25) is 5.95 Å². The summed E-state index contributed by atoms with van der Waals surface area (Å²) in [7, 11) is 3.91. The second-order valence-electron chi connectivity index (χ2n) is 7.07. The summed E-state index contributed by atoms with van der Waals surface area (Å²) in [6.07, 6.45) is -0.746. The van der Waals surface area contributed by atoms with Gasteiger partial charge in [-0.1, -0.05) is 6.07 Å². The molecule has 0 saturated carbocycles. The van der Waals surface area contributed by atoms with Crippen molar-refractivity contribution in [3.05, 3.63) is 60.2 Å². The minimum absolute atomic E-state index is 0.0274. The quantitative estimate of drug-likeness (QED) is 0.392. The molecule has 0 radical (unpaired) electrons. The van der Waals surface area contributed by atoms with Crippen LogP contribution in [0.1, 0.15) is 12.0 Å². The summed E-state index contributed by atoms with van der Waals surface area (Å²) >= 11 is 0. The summed E-state index contributed by atoms with van der Waals surface area (Å²) < 4.78 is 54.4. The lowest BCUT2D eigenvalue weighted by atomic mass is 10.1. The molecule has 3 aromatic rings. The number of hydrogen-bond acceptors (Lipinski definition) is 6. The summed E-state index contributed by atoms with van der Waals surface area (Å²) in [6, 6.07) is 7.72. The highest BCUT2D eigenvalue weighted by Crippen LogP contribution is 2.37. The largest absolute Gasteiger partial charge is 0.418 e. The number of rotatable bonds is 8. The zero-order chi connectivity index (χ0) is 22.4. The standard InChI is InChI=1S/C21H22F4N6/c1-31(2)11-5-10-27-20-28-17(14-6-4-9-26-13-14)12-18(30-20)29-19-15(21(23,24)25)7-3-8-16(19)22/h3-4,6-9,12-13H,5,10-11H2,1-2H3,(H2,27,28,29,30). The minimum atomic E-state index is -4.73. The van der Waals surface area contributed by atoms with Gasteiger partial charge in [0.05, 0.1) is 16.9 Å². The molecule has 0 spiro atoms. The molecule has 0 fully saturated rings. The van der Waals surface area contributed by atoms with Gasteiger partial charge in [0, 0.05) is 30.6 Å². The summed E-state index contributed by atoms with van der Waals surface area (Å²) in [5.74, 6) is -0.788. The Morgan fingerprint density at radius 1 is 1.06 bits per heavy atom. The van der Waals surface area contributed by atoms with E-state index in [1.807, 2.05) is 19.0 Å². The molecule has 0 saturated heterocycles. The molecular formula is C21H22F4N6. The van der Waals surface area contributed by atoms with Crippen LogP contribution < -0.4 is 10.6 Å². The van der Waals surface area contributed by atoms with Crippen molar-refractivity contribution in [3.63, 3.8) is 0 Å². The zero-order valence-corrected chi connectivity index (χ0v) is 17.0. The van der Waals surface area contributed by atoms with Gasteiger partial charge in [-0.15, -0.1) is 0 Å². The normalized spacial score (nSPS) is 11.6. The average molecular weight is 434 g/mol. The number of para-hydroxylation sites is 1. The van der Waals surface area contributed by atoms with Gasteiger partial charge in [0.1, 0.15) is 11.6 Å². The smallest absolute Gasteiger partial charge is 0.354 e. The number of anilines is 3. The molecule has 0 aliphatic carbocycles. The number of hydrogen-bond donors (Lipinski definition) is 2. The molecule has 3 rings (SSSR count). The Morgan fingerprint density at radius 3 is 2.55 bits per heavy atom. The Morgan fingerprint density at radius 2 is 1.87 bits per heavy atom. The molecule has 1 aromatic carbocycles. The molecule has 0 atom stereocenters. The number of benzene rings is 1. The Hall–Kier alpha value is -3.27. The van der Waals surface area contributed by atoms with Gasteiger partial charge in [0.25, 0.3) is 0 Å². The molecule has 2 heterocycles. The van der Waals surface area contributed by atoms with Crippen molar-refractivity contribution in [2.24, 2.45) is 0 Å². The fraction of sp³-hybridized carbons (Fsp3) is 0.286. The molecule has 164 valence electrons. The van der Waals surface area contributed by atoms with Gasteiger partial charge in [-0.3, -0.25) is 4.98 Å². The van der Waals surface area contributed by atoms with E-state index in [4.69, 9.17) is 0 Å². The predicted molar refractivity (Wildman–Crippen MR) is 112 cm³/mol. The SMILES string of the molecule is CN(C)CCCNc1nc(Nc2c(F)cccc2C(F)(F)F)cc(-c2cccnc2)n1. The van der Waals surface area contributed by atoms with Crippen LogP contribution in [0.25, 0.3) is 11.3 Å². The number of pyridine rings is 1. The van der Waals surface area contributed by atoms with Crippen LogP contribution in [0.15, 0.2) is 48.8 Å². The topological polar surface area (TPSA) is 66.0 Å². The molecule has 2 N–H and O–H groups in total. The monoisotopic (exact) mass is 434 g/mol. The maximum atomic E-state index is 14.3. The van der Waals surface area contributed by atoms with Crippen LogP contribution in [-0.2, 0) is 6.18 Å². The van der Waals surface area contributed by atoms with Crippen LogP contribution in [0.5, 0.6) is 0 Å². The third-order valence-electron chi connectivity index (χ3n) is 4.32. The molecule has 0 unspecified atom stereocenters. The van der Waals surface area contributed by atoms with E-state index in [1.165, 1.54) is 6.07 Å². The maximum Gasteiger partial charge on any atom is 0.418 e. The highest BCUT2D eigenvalue weighted by atomic mass is 19.4. The fourth-order valence-corrected chi connectivity index (χ4v) is 2.86. The van der Waals surface area contributed by atoms with Gasteiger partial charge >= 0.3 is 6.18 Å². The van der Waals surface area contributed by atoms with Crippen molar-refractivity contribution >= 4 is 17.5 Å². The number of nitrogens with zero attached hydrogens (tertiary/aromatic N) is 4. The first-order valence-electron chi connectivity index (χ1n) is 9.55. The molecule has 10 heteroatoms. The van der Waals surface area contributed by atoms with E-state index in [0.717, 1.165) is 31.2 Å². The van der Waals surface area contributed by atoms with Crippen LogP contribution in [0, 0.1) is 5.82 Å². The van der Waals surface area contributed by atoms with Gasteiger partial charge in [-0.25, -0.2) is 9.37 Å². The third kappa shape index (κ3) is 6.11. The van der Waals surface area contributed by atoms with Crippen LogP contribution in [0.2, 0.25) is 0 Å². The van der Waals surface area contributed by atoms with Gasteiger partial charge in [-0.05, 0) is 51.3 Å². The fourth-order valence-electron chi connectivity index (χ4n) is 2.86. The van der Waals surface area contributed by atoms with E-state index >= 15 is 0 Å². The van der Waals surface area contributed by atoms with E-state index in [1.54, 1.807) is 24.5 Å². The van der Waals surface area contributed by atoms with Gasteiger partial charge in [-0.2, -0.15) is 18.2 Å². The van der Waals surface area contributed by atoms with Crippen LogP contribution in [0.4, 0.5) is 35.0 Å². The molecule has 31 heavy (non-hydrogen) atoms. The van der Waals surface area contributed by atoms with E-state index in [9.17, 15) is 17.6 Å². The highest BCUT2D eigenvalue weighted by Gasteiger charge is 2.35. The second kappa shape index (κ2) is 9.69. The lowest BCUT2D eigenvalue weighted by molar-refractivity contribution is -0.137. The molecule has 6 nitrogen and oxygen atoms in total. The molecular weight excluding hydrogens is 412 g/mol. The Balaban J connectivity index is 1.95. The van der Waals surface area contributed by atoms with Crippen molar-refractivity contribution in [1.82, 2.24) is 19.9 Å². The van der Waals surface area contributed by atoms with Crippen molar-refractivity contribution in [2.75, 3.05) is 37.8 Å². The zero-order valence-electron chi connectivity index (χ0n) is 17.0. The second-order valence-corrected chi connectivity index (χ2v) is 7.07. The number of nitrogens with one attached hydrogen (secondary N) is 2. The minimum Gasteiger partial charge on any atom is -0.354 e. The molecule has 0 aliphatic heterocycles. The lowest BCUT2D eigenvalue weighted by Crippen LogP contribution is -2.17. The van der Waals surface area contributed by atoms with Crippen molar-refractivity contribution < 1.29 is 17.6 Å². The van der Waals surface area contributed by atoms with Crippen LogP contribution >= 0.6 is 0 Å². The van der Waals surface area contributed by atoms with Crippen LogP contribution in [0.3, 0.4) is 0 Å².